The maximum absolute atomic E-state index is 11.7. The predicted octanol–water partition coefficient (Wildman–Crippen LogP) is 2.02. The molecule has 20 heavy (non-hydrogen) atoms. The van der Waals surface area contributed by atoms with Gasteiger partial charge in [-0.15, -0.1) is 5.10 Å². The van der Waals surface area contributed by atoms with Crippen LogP contribution in [0.4, 0.5) is 0 Å². The summed E-state index contributed by atoms with van der Waals surface area (Å²) in [7, 11) is 0. The molecule has 2 aromatic heterocycles. The van der Waals surface area contributed by atoms with Crippen molar-refractivity contribution in [1.82, 2.24) is 19.7 Å². The molecule has 2 rings (SSSR count). The third-order valence-corrected chi connectivity index (χ3v) is 3.81. The molecule has 0 radical (unpaired) electrons. The lowest BCUT2D eigenvalue weighted by Gasteiger charge is -2.07. The van der Waals surface area contributed by atoms with Gasteiger partial charge in [0.1, 0.15) is 6.07 Å². The Morgan fingerprint density at radius 1 is 1.50 bits per heavy atom. The molecule has 0 aliphatic heterocycles. The van der Waals surface area contributed by atoms with Gasteiger partial charge in [0.15, 0.2) is 5.16 Å². The second-order valence-electron chi connectivity index (χ2n) is 4.40. The van der Waals surface area contributed by atoms with E-state index >= 15 is 0 Å². The van der Waals surface area contributed by atoms with Gasteiger partial charge in [0.2, 0.25) is 0 Å². The average Bonchev–Trinajstić information content (AvgIpc) is 2.72. The molecular formula is C13H15N5OS. The summed E-state index contributed by atoms with van der Waals surface area (Å²) in [4.78, 5) is 16.7. The van der Waals surface area contributed by atoms with Crippen molar-refractivity contribution in [2.45, 2.75) is 43.8 Å². The molecular weight excluding hydrogens is 274 g/mol. The van der Waals surface area contributed by atoms with Crippen LogP contribution < -0.4 is 5.69 Å². The van der Waals surface area contributed by atoms with Crippen LogP contribution >= 0.6 is 11.8 Å². The Morgan fingerprint density at radius 3 is 2.90 bits per heavy atom. The summed E-state index contributed by atoms with van der Waals surface area (Å²) in [6, 6.07) is 4.00. The van der Waals surface area contributed by atoms with Crippen molar-refractivity contribution in [1.29, 1.82) is 5.26 Å². The van der Waals surface area contributed by atoms with Gasteiger partial charge in [-0.25, -0.2) is 9.89 Å². The number of aromatic nitrogens is 4. The normalized spacial score (nSPS) is 10.5. The Morgan fingerprint density at radius 2 is 2.25 bits per heavy atom. The van der Waals surface area contributed by atoms with E-state index in [-0.39, 0.29) is 5.69 Å². The van der Waals surface area contributed by atoms with Crippen LogP contribution in [0.2, 0.25) is 0 Å². The Hall–Kier alpha value is -2.07. The fourth-order valence-corrected chi connectivity index (χ4v) is 3.01. The molecule has 0 saturated carbocycles. The molecule has 2 heterocycles. The molecule has 0 fully saturated rings. The van der Waals surface area contributed by atoms with Gasteiger partial charge in [0.25, 0.3) is 0 Å². The molecule has 0 aliphatic rings. The summed E-state index contributed by atoms with van der Waals surface area (Å²) in [6.45, 7) is 6.28. The standard InChI is InChI=1S/C13H15N5OS/c1-4-5-18-12(19)16-17-13(18)20-11-6-8(2)15-9(3)10(11)7-14/h6H,4-5H2,1-3H3,(H,16,19). The molecule has 0 atom stereocenters. The van der Waals surface area contributed by atoms with Crippen LogP contribution in [-0.4, -0.2) is 19.7 Å². The number of aryl methyl sites for hydroxylation is 2. The highest BCUT2D eigenvalue weighted by Gasteiger charge is 2.14. The zero-order valence-electron chi connectivity index (χ0n) is 11.6. The number of hydrogen-bond donors (Lipinski definition) is 1. The molecule has 6 nitrogen and oxygen atoms in total. The zero-order valence-corrected chi connectivity index (χ0v) is 12.4. The summed E-state index contributed by atoms with van der Waals surface area (Å²) in [5, 5.41) is 16.3. The molecule has 0 unspecified atom stereocenters. The number of nitrogens with zero attached hydrogens (tertiary/aromatic N) is 4. The van der Waals surface area contributed by atoms with Crippen LogP contribution in [0.25, 0.3) is 0 Å². The Bertz CT molecular complexity index is 725. The van der Waals surface area contributed by atoms with Crippen molar-refractivity contribution in [3.05, 3.63) is 33.5 Å². The highest BCUT2D eigenvalue weighted by atomic mass is 32.2. The quantitative estimate of drug-likeness (QED) is 0.930. The van der Waals surface area contributed by atoms with Gasteiger partial charge in [-0.05, 0) is 38.1 Å². The second-order valence-corrected chi connectivity index (χ2v) is 5.41. The minimum atomic E-state index is -0.227. The number of nitriles is 1. The van der Waals surface area contributed by atoms with Crippen LogP contribution in [0.1, 0.15) is 30.3 Å². The van der Waals surface area contributed by atoms with Gasteiger partial charge >= 0.3 is 5.69 Å². The predicted molar refractivity (Wildman–Crippen MR) is 75.7 cm³/mol. The van der Waals surface area contributed by atoms with Crippen molar-refractivity contribution >= 4 is 11.8 Å². The fraction of sp³-hybridized carbons (Fsp3) is 0.385. The Balaban J connectivity index is 2.45. The van der Waals surface area contributed by atoms with Crippen molar-refractivity contribution in [3.8, 4) is 6.07 Å². The van der Waals surface area contributed by atoms with Gasteiger partial charge in [-0.2, -0.15) is 5.26 Å². The summed E-state index contributed by atoms with van der Waals surface area (Å²) >= 11 is 1.31. The SMILES string of the molecule is CCCn1c(Sc2cc(C)nc(C)c2C#N)n[nH]c1=O. The molecule has 0 saturated heterocycles. The summed E-state index contributed by atoms with van der Waals surface area (Å²) in [5.41, 5.74) is 1.83. The smallest absolute Gasteiger partial charge is 0.270 e. The largest absolute Gasteiger partial charge is 0.343 e. The summed E-state index contributed by atoms with van der Waals surface area (Å²) in [6.07, 6.45) is 0.840. The van der Waals surface area contributed by atoms with E-state index in [1.807, 2.05) is 19.9 Å². The first kappa shape index (κ1) is 14.3. The molecule has 0 amide bonds. The number of nitrogens with one attached hydrogen (secondary N) is 1. The first-order chi connectivity index (χ1) is 9.56. The maximum Gasteiger partial charge on any atom is 0.343 e. The van der Waals surface area contributed by atoms with Crippen molar-refractivity contribution in [2.24, 2.45) is 0 Å². The minimum Gasteiger partial charge on any atom is -0.270 e. The highest BCUT2D eigenvalue weighted by Crippen LogP contribution is 2.29. The summed E-state index contributed by atoms with van der Waals surface area (Å²) < 4.78 is 1.58. The third-order valence-electron chi connectivity index (χ3n) is 2.78. The van der Waals surface area contributed by atoms with Crippen LogP contribution in [0.3, 0.4) is 0 Å². The maximum atomic E-state index is 11.7. The van der Waals surface area contributed by atoms with Crippen LogP contribution in [-0.2, 0) is 6.54 Å². The molecule has 7 heteroatoms. The monoisotopic (exact) mass is 289 g/mol. The molecule has 0 aromatic carbocycles. The topological polar surface area (TPSA) is 87.4 Å². The number of aromatic amines is 1. The van der Waals surface area contributed by atoms with Crippen LogP contribution in [0.15, 0.2) is 20.9 Å². The molecule has 1 N–H and O–H groups in total. The van der Waals surface area contributed by atoms with E-state index in [1.165, 1.54) is 11.8 Å². The lowest BCUT2D eigenvalue weighted by atomic mass is 10.2. The van der Waals surface area contributed by atoms with E-state index in [1.54, 1.807) is 11.5 Å². The summed E-state index contributed by atoms with van der Waals surface area (Å²) in [5.74, 6) is 0. The molecule has 104 valence electrons. The molecule has 0 bridgehead atoms. The van der Waals surface area contributed by atoms with E-state index in [0.29, 0.717) is 23.0 Å². The van der Waals surface area contributed by atoms with Crippen molar-refractivity contribution in [2.75, 3.05) is 0 Å². The van der Waals surface area contributed by atoms with E-state index in [9.17, 15) is 10.1 Å². The van der Waals surface area contributed by atoms with Crippen molar-refractivity contribution in [3.63, 3.8) is 0 Å². The van der Waals surface area contributed by atoms with E-state index in [2.05, 4.69) is 21.3 Å². The Kier molecular flexibility index (Phi) is 4.25. The number of rotatable bonds is 4. The van der Waals surface area contributed by atoms with Gasteiger partial charge in [0.05, 0.1) is 11.3 Å². The number of pyridine rings is 1. The number of H-pyrrole nitrogens is 1. The van der Waals surface area contributed by atoms with Crippen molar-refractivity contribution < 1.29 is 0 Å². The Labute approximate surface area is 120 Å². The van der Waals surface area contributed by atoms with Gasteiger partial charge in [0, 0.05) is 17.1 Å². The third kappa shape index (κ3) is 2.75. The van der Waals surface area contributed by atoms with Gasteiger partial charge in [-0.3, -0.25) is 9.55 Å². The lowest BCUT2D eigenvalue weighted by molar-refractivity contribution is 0.604. The van der Waals surface area contributed by atoms with E-state index < -0.39 is 0 Å². The van der Waals surface area contributed by atoms with Gasteiger partial charge < -0.3 is 0 Å². The second kappa shape index (κ2) is 5.92. The van der Waals surface area contributed by atoms with Gasteiger partial charge in [-0.1, -0.05) is 6.92 Å². The average molecular weight is 289 g/mol. The fourth-order valence-electron chi connectivity index (χ4n) is 1.91. The minimum absolute atomic E-state index is 0.227. The van der Waals surface area contributed by atoms with Crippen LogP contribution in [0, 0.1) is 25.2 Å². The molecule has 0 aliphatic carbocycles. The first-order valence-electron chi connectivity index (χ1n) is 6.28. The lowest BCUT2D eigenvalue weighted by Crippen LogP contribution is -2.17. The first-order valence-corrected chi connectivity index (χ1v) is 7.09. The molecule has 2 aromatic rings. The van der Waals surface area contributed by atoms with Crippen LogP contribution in [0.5, 0.6) is 0 Å². The zero-order chi connectivity index (χ0) is 14.7. The van der Waals surface area contributed by atoms with E-state index in [4.69, 9.17) is 0 Å². The number of hydrogen-bond acceptors (Lipinski definition) is 5. The highest BCUT2D eigenvalue weighted by molar-refractivity contribution is 7.99. The van der Waals surface area contributed by atoms with E-state index in [0.717, 1.165) is 17.0 Å². The molecule has 0 spiro atoms.